The van der Waals surface area contributed by atoms with Gasteiger partial charge in [-0.3, -0.25) is 4.79 Å². The van der Waals surface area contributed by atoms with Gasteiger partial charge in [-0.25, -0.2) is 0 Å². The molecular weight excluding hydrogens is 359 g/mol. The van der Waals surface area contributed by atoms with E-state index in [2.05, 4.69) is 10.5 Å². The summed E-state index contributed by atoms with van der Waals surface area (Å²) in [5, 5.41) is 7.73. The highest BCUT2D eigenvalue weighted by Crippen LogP contribution is 2.37. The maximum absolute atomic E-state index is 12.9. The molecule has 0 radical (unpaired) electrons. The normalized spacial score (nSPS) is 10.8. The predicted octanol–water partition coefficient (Wildman–Crippen LogP) is 5.83. The van der Waals surface area contributed by atoms with Crippen molar-refractivity contribution < 1.29 is 9.32 Å². The summed E-state index contributed by atoms with van der Waals surface area (Å²) in [5.74, 6) is 0.0761. The maximum Gasteiger partial charge on any atom is 0.261 e. The van der Waals surface area contributed by atoms with Crippen molar-refractivity contribution in [1.29, 1.82) is 0 Å². The fourth-order valence-corrected chi connectivity index (χ4v) is 3.17. The average Bonchev–Trinajstić information content (AvgIpc) is 2.92. The lowest BCUT2D eigenvalue weighted by Crippen LogP contribution is -2.14. The topological polar surface area (TPSA) is 55.1 Å². The van der Waals surface area contributed by atoms with E-state index in [1.54, 1.807) is 25.1 Å². The Balaban J connectivity index is 2.05. The molecule has 4 nitrogen and oxygen atoms in total. The number of amides is 1. The lowest BCUT2D eigenvalue weighted by molar-refractivity contribution is 0.102. The van der Waals surface area contributed by atoms with E-state index < -0.39 is 0 Å². The Labute approximate surface area is 155 Å². The zero-order valence-electron chi connectivity index (χ0n) is 14.0. The number of hydrogen-bond donors (Lipinski definition) is 1. The van der Waals surface area contributed by atoms with Crippen LogP contribution in [0.15, 0.2) is 40.9 Å². The van der Waals surface area contributed by atoms with Crippen LogP contribution in [-0.2, 0) is 0 Å². The predicted molar refractivity (Wildman–Crippen MR) is 101 cm³/mol. The summed E-state index contributed by atoms with van der Waals surface area (Å²) < 4.78 is 5.24. The molecule has 6 heteroatoms. The number of aryl methyl sites for hydroxylation is 3. The number of halogens is 2. The van der Waals surface area contributed by atoms with Crippen molar-refractivity contribution in [2.45, 2.75) is 20.8 Å². The lowest BCUT2D eigenvalue weighted by atomic mass is 10.0. The first-order valence-corrected chi connectivity index (χ1v) is 8.43. The summed E-state index contributed by atoms with van der Waals surface area (Å²) in [6.07, 6.45) is 0. The molecule has 2 aromatic carbocycles. The Hall–Kier alpha value is -2.30. The van der Waals surface area contributed by atoms with Gasteiger partial charge in [0.2, 0.25) is 0 Å². The van der Waals surface area contributed by atoms with Gasteiger partial charge in [-0.05, 0) is 50.1 Å². The molecule has 0 aliphatic rings. The first-order valence-electron chi connectivity index (χ1n) is 7.67. The number of nitrogens with one attached hydrogen (secondary N) is 1. The summed E-state index contributed by atoms with van der Waals surface area (Å²) in [7, 11) is 0. The minimum Gasteiger partial charge on any atom is -0.360 e. The Morgan fingerprint density at radius 1 is 1.08 bits per heavy atom. The highest BCUT2D eigenvalue weighted by molar-refractivity contribution is 6.39. The van der Waals surface area contributed by atoms with Crippen molar-refractivity contribution in [3.63, 3.8) is 0 Å². The molecule has 1 heterocycles. The fourth-order valence-electron chi connectivity index (χ4n) is 2.59. The summed E-state index contributed by atoms with van der Waals surface area (Å²) >= 11 is 12.5. The molecule has 25 heavy (non-hydrogen) atoms. The minimum atomic E-state index is -0.321. The van der Waals surface area contributed by atoms with Crippen LogP contribution >= 0.6 is 23.2 Å². The van der Waals surface area contributed by atoms with E-state index in [0.29, 0.717) is 32.6 Å². The van der Waals surface area contributed by atoms with Crippen molar-refractivity contribution in [3.05, 3.63) is 68.9 Å². The molecule has 0 spiro atoms. The summed E-state index contributed by atoms with van der Waals surface area (Å²) in [6.45, 7) is 5.58. The number of anilines is 1. The van der Waals surface area contributed by atoms with E-state index >= 15 is 0 Å². The van der Waals surface area contributed by atoms with Gasteiger partial charge in [-0.15, -0.1) is 0 Å². The number of rotatable bonds is 3. The number of aromatic nitrogens is 1. The Kier molecular flexibility index (Phi) is 4.84. The monoisotopic (exact) mass is 374 g/mol. The summed E-state index contributed by atoms with van der Waals surface area (Å²) in [5.41, 5.74) is 3.88. The molecule has 0 aliphatic carbocycles. The third-order valence-electron chi connectivity index (χ3n) is 3.93. The SMILES string of the molecule is Cc1ccc(C)c(NC(=O)c2c(-c3c(Cl)cccc3Cl)noc2C)c1. The molecule has 1 amide bonds. The van der Waals surface area contributed by atoms with E-state index in [4.69, 9.17) is 27.7 Å². The molecule has 0 saturated carbocycles. The van der Waals surface area contributed by atoms with Crippen LogP contribution in [0.3, 0.4) is 0 Å². The third kappa shape index (κ3) is 3.41. The van der Waals surface area contributed by atoms with Crippen LogP contribution in [0.25, 0.3) is 11.3 Å². The largest absolute Gasteiger partial charge is 0.360 e. The number of carbonyl (C=O) groups is 1. The van der Waals surface area contributed by atoms with Crippen LogP contribution in [0.1, 0.15) is 27.2 Å². The van der Waals surface area contributed by atoms with E-state index in [9.17, 15) is 4.79 Å². The molecular formula is C19H16Cl2N2O2. The standard InChI is InChI=1S/C19H16Cl2N2O2/c1-10-7-8-11(2)15(9-10)22-19(24)16-12(3)25-23-18(16)17-13(20)5-4-6-14(17)21/h4-9H,1-3H3,(H,22,24). The van der Waals surface area contributed by atoms with Gasteiger partial charge in [0.05, 0.1) is 10.0 Å². The van der Waals surface area contributed by atoms with Crippen molar-refractivity contribution >= 4 is 34.8 Å². The zero-order chi connectivity index (χ0) is 18.1. The molecule has 1 aromatic heterocycles. The molecule has 1 N–H and O–H groups in total. The van der Waals surface area contributed by atoms with Gasteiger partial charge in [-0.2, -0.15) is 0 Å². The number of hydrogen-bond acceptors (Lipinski definition) is 3. The first-order chi connectivity index (χ1) is 11.9. The summed E-state index contributed by atoms with van der Waals surface area (Å²) in [6, 6.07) is 11.0. The Morgan fingerprint density at radius 2 is 1.76 bits per heavy atom. The second-order valence-corrected chi connectivity index (χ2v) is 6.65. The van der Waals surface area contributed by atoms with Crippen molar-refractivity contribution in [2.75, 3.05) is 5.32 Å². The lowest BCUT2D eigenvalue weighted by Gasteiger charge is -2.10. The van der Waals surface area contributed by atoms with E-state index in [-0.39, 0.29) is 5.91 Å². The number of carbonyl (C=O) groups excluding carboxylic acids is 1. The van der Waals surface area contributed by atoms with E-state index in [1.165, 1.54) is 0 Å². The Morgan fingerprint density at radius 3 is 2.44 bits per heavy atom. The maximum atomic E-state index is 12.9. The van der Waals surface area contributed by atoms with Crippen molar-refractivity contribution in [1.82, 2.24) is 5.16 Å². The third-order valence-corrected chi connectivity index (χ3v) is 4.56. The zero-order valence-corrected chi connectivity index (χ0v) is 15.5. The minimum absolute atomic E-state index is 0.316. The molecule has 0 fully saturated rings. The van der Waals surface area contributed by atoms with E-state index in [1.807, 2.05) is 32.0 Å². The van der Waals surface area contributed by atoms with E-state index in [0.717, 1.165) is 16.8 Å². The molecule has 0 unspecified atom stereocenters. The Bertz CT molecular complexity index is 944. The van der Waals surface area contributed by atoms with Crippen LogP contribution in [-0.4, -0.2) is 11.1 Å². The second kappa shape index (κ2) is 6.90. The highest BCUT2D eigenvalue weighted by atomic mass is 35.5. The number of nitrogens with zero attached hydrogens (tertiary/aromatic N) is 1. The van der Waals surface area contributed by atoms with Crippen molar-refractivity contribution in [2.24, 2.45) is 0 Å². The molecule has 0 saturated heterocycles. The molecule has 128 valence electrons. The smallest absolute Gasteiger partial charge is 0.261 e. The summed E-state index contributed by atoms with van der Waals surface area (Å²) in [4.78, 5) is 12.9. The van der Waals surface area contributed by atoms with Gasteiger partial charge in [-0.1, -0.05) is 46.6 Å². The fraction of sp³-hybridized carbons (Fsp3) is 0.158. The van der Waals surface area contributed by atoms with Gasteiger partial charge in [0.25, 0.3) is 5.91 Å². The van der Waals surface area contributed by atoms with Gasteiger partial charge < -0.3 is 9.84 Å². The highest BCUT2D eigenvalue weighted by Gasteiger charge is 2.25. The van der Waals surface area contributed by atoms with Gasteiger partial charge in [0, 0.05) is 11.3 Å². The molecule has 3 rings (SSSR count). The molecule has 0 aliphatic heterocycles. The second-order valence-electron chi connectivity index (χ2n) is 5.83. The number of benzene rings is 2. The first kappa shape index (κ1) is 17.5. The molecule has 0 bridgehead atoms. The van der Waals surface area contributed by atoms with Gasteiger partial charge in [0.1, 0.15) is 17.0 Å². The van der Waals surface area contributed by atoms with Gasteiger partial charge in [0.15, 0.2) is 0 Å². The van der Waals surface area contributed by atoms with Crippen LogP contribution in [0.2, 0.25) is 10.0 Å². The van der Waals surface area contributed by atoms with Crippen LogP contribution < -0.4 is 5.32 Å². The van der Waals surface area contributed by atoms with Crippen LogP contribution in [0, 0.1) is 20.8 Å². The molecule has 0 atom stereocenters. The van der Waals surface area contributed by atoms with Crippen molar-refractivity contribution in [3.8, 4) is 11.3 Å². The quantitative estimate of drug-likeness (QED) is 0.627. The van der Waals surface area contributed by atoms with Gasteiger partial charge >= 0.3 is 0 Å². The van der Waals surface area contributed by atoms with Crippen LogP contribution in [0.5, 0.6) is 0 Å². The average molecular weight is 375 g/mol. The van der Waals surface area contributed by atoms with Crippen LogP contribution in [0.4, 0.5) is 5.69 Å². The molecule has 3 aromatic rings.